The van der Waals surface area contributed by atoms with Crippen molar-refractivity contribution >= 4 is 5.91 Å². The first-order valence-electron chi connectivity index (χ1n) is 9.20. The predicted octanol–water partition coefficient (Wildman–Crippen LogP) is 3.25. The lowest BCUT2D eigenvalue weighted by molar-refractivity contribution is -0.129. The van der Waals surface area contributed by atoms with Gasteiger partial charge in [-0.3, -0.25) is 4.79 Å². The SMILES string of the molecule is Cc1ccc(CC(=O)N2C[C@@H]3Cc4nc(C(C)C)ncc4[C@H]3C2)cc1. The Morgan fingerprint density at radius 1 is 1.24 bits per heavy atom. The summed E-state index contributed by atoms with van der Waals surface area (Å²) in [6.45, 7) is 7.99. The van der Waals surface area contributed by atoms with Gasteiger partial charge in [-0.2, -0.15) is 0 Å². The molecule has 1 saturated heterocycles. The highest BCUT2D eigenvalue weighted by Gasteiger charge is 2.42. The average Bonchev–Trinajstić information content (AvgIpc) is 3.14. The normalized spacial score (nSPS) is 21.5. The summed E-state index contributed by atoms with van der Waals surface area (Å²) in [5.74, 6) is 2.45. The van der Waals surface area contributed by atoms with Crippen LogP contribution in [0.1, 0.15) is 53.9 Å². The summed E-state index contributed by atoms with van der Waals surface area (Å²) in [4.78, 5) is 24.0. The van der Waals surface area contributed by atoms with E-state index < -0.39 is 0 Å². The quantitative estimate of drug-likeness (QED) is 0.865. The number of carbonyl (C=O) groups is 1. The zero-order valence-corrected chi connectivity index (χ0v) is 15.2. The number of fused-ring (bicyclic) bond motifs is 3. The van der Waals surface area contributed by atoms with Gasteiger partial charge in [0.15, 0.2) is 0 Å². The fourth-order valence-corrected chi connectivity index (χ4v) is 4.07. The Morgan fingerprint density at radius 2 is 2.00 bits per heavy atom. The van der Waals surface area contributed by atoms with Crippen molar-refractivity contribution in [2.75, 3.05) is 13.1 Å². The van der Waals surface area contributed by atoms with Crippen molar-refractivity contribution in [1.82, 2.24) is 14.9 Å². The molecule has 0 saturated carbocycles. The maximum Gasteiger partial charge on any atom is 0.227 e. The molecule has 4 rings (SSSR count). The minimum Gasteiger partial charge on any atom is -0.341 e. The van der Waals surface area contributed by atoms with Crippen LogP contribution in [0, 0.1) is 12.8 Å². The van der Waals surface area contributed by atoms with Crippen LogP contribution in [0.15, 0.2) is 30.5 Å². The van der Waals surface area contributed by atoms with Crippen LogP contribution < -0.4 is 0 Å². The highest BCUT2D eigenvalue weighted by Crippen LogP contribution is 2.42. The standard InChI is InChI=1S/C21H25N3O/c1-13(2)21-22-10-17-18-12-24(11-16(18)9-19(17)23-21)20(25)8-15-6-4-14(3)5-7-15/h4-7,10,13,16,18H,8-9,11-12H2,1-3H3/t16-,18-/m0/s1. The molecule has 2 atom stereocenters. The molecule has 0 radical (unpaired) electrons. The highest BCUT2D eigenvalue weighted by atomic mass is 16.2. The van der Waals surface area contributed by atoms with Crippen molar-refractivity contribution in [3.8, 4) is 0 Å². The van der Waals surface area contributed by atoms with Crippen LogP contribution in [-0.4, -0.2) is 33.9 Å². The zero-order valence-electron chi connectivity index (χ0n) is 15.2. The molecule has 25 heavy (non-hydrogen) atoms. The van der Waals surface area contributed by atoms with Gasteiger partial charge in [0.1, 0.15) is 5.82 Å². The minimum atomic E-state index is 0.236. The molecule has 1 aliphatic heterocycles. The molecule has 2 aromatic rings. The zero-order chi connectivity index (χ0) is 17.6. The molecule has 0 bridgehead atoms. The van der Waals surface area contributed by atoms with E-state index in [0.717, 1.165) is 30.9 Å². The van der Waals surface area contributed by atoms with Crippen molar-refractivity contribution < 1.29 is 4.79 Å². The van der Waals surface area contributed by atoms with Crippen molar-refractivity contribution in [2.24, 2.45) is 5.92 Å². The molecule has 1 aliphatic carbocycles. The van der Waals surface area contributed by atoms with E-state index in [1.54, 1.807) is 0 Å². The summed E-state index contributed by atoms with van der Waals surface area (Å²) in [5.41, 5.74) is 4.79. The maximum atomic E-state index is 12.7. The Morgan fingerprint density at radius 3 is 2.72 bits per heavy atom. The Balaban J connectivity index is 1.45. The van der Waals surface area contributed by atoms with Gasteiger partial charge in [0.2, 0.25) is 5.91 Å². The lowest BCUT2D eigenvalue weighted by Gasteiger charge is -2.18. The number of carbonyl (C=O) groups excluding carboxylic acids is 1. The van der Waals surface area contributed by atoms with Gasteiger partial charge >= 0.3 is 0 Å². The number of hydrogen-bond acceptors (Lipinski definition) is 3. The fraction of sp³-hybridized carbons (Fsp3) is 0.476. The first kappa shape index (κ1) is 16.2. The van der Waals surface area contributed by atoms with E-state index in [-0.39, 0.29) is 5.91 Å². The van der Waals surface area contributed by atoms with E-state index in [2.05, 4.69) is 50.0 Å². The summed E-state index contributed by atoms with van der Waals surface area (Å²) < 4.78 is 0. The molecule has 1 amide bonds. The monoisotopic (exact) mass is 335 g/mol. The Bertz CT molecular complexity index is 797. The lowest BCUT2D eigenvalue weighted by Crippen LogP contribution is -2.31. The smallest absolute Gasteiger partial charge is 0.227 e. The second kappa shape index (κ2) is 6.25. The van der Waals surface area contributed by atoms with Crippen LogP contribution in [0.25, 0.3) is 0 Å². The number of likely N-dealkylation sites (tertiary alicyclic amines) is 1. The van der Waals surface area contributed by atoms with Crippen molar-refractivity contribution in [3.63, 3.8) is 0 Å². The minimum absolute atomic E-state index is 0.236. The third-order valence-electron chi connectivity index (χ3n) is 5.56. The van der Waals surface area contributed by atoms with Crippen LogP contribution in [0.5, 0.6) is 0 Å². The molecular formula is C21H25N3O. The molecule has 4 nitrogen and oxygen atoms in total. The molecule has 1 aromatic heterocycles. The number of amides is 1. The van der Waals surface area contributed by atoms with E-state index in [9.17, 15) is 4.79 Å². The van der Waals surface area contributed by atoms with Crippen LogP contribution in [-0.2, 0) is 17.6 Å². The van der Waals surface area contributed by atoms with E-state index in [0.29, 0.717) is 24.2 Å². The topological polar surface area (TPSA) is 46.1 Å². The Kier molecular flexibility index (Phi) is 4.06. The van der Waals surface area contributed by atoms with Crippen LogP contribution >= 0.6 is 0 Å². The summed E-state index contributed by atoms with van der Waals surface area (Å²) in [5, 5.41) is 0. The van der Waals surface area contributed by atoms with E-state index in [1.807, 2.05) is 11.1 Å². The number of aryl methyl sites for hydroxylation is 1. The molecule has 2 aliphatic rings. The van der Waals surface area contributed by atoms with Gasteiger partial charge in [0, 0.05) is 36.8 Å². The molecule has 1 fully saturated rings. The molecular weight excluding hydrogens is 310 g/mol. The van der Waals surface area contributed by atoms with Gasteiger partial charge in [-0.15, -0.1) is 0 Å². The lowest BCUT2D eigenvalue weighted by atomic mass is 9.97. The third kappa shape index (κ3) is 3.06. The largest absolute Gasteiger partial charge is 0.341 e. The summed E-state index contributed by atoms with van der Waals surface area (Å²) >= 11 is 0. The highest BCUT2D eigenvalue weighted by molar-refractivity contribution is 5.79. The number of benzene rings is 1. The number of nitrogens with zero attached hydrogens (tertiary/aromatic N) is 3. The van der Waals surface area contributed by atoms with Crippen LogP contribution in [0.4, 0.5) is 0 Å². The van der Waals surface area contributed by atoms with Gasteiger partial charge in [0.25, 0.3) is 0 Å². The molecule has 2 heterocycles. The second-order valence-electron chi connectivity index (χ2n) is 7.82. The van der Waals surface area contributed by atoms with Gasteiger partial charge in [-0.05, 0) is 30.4 Å². The van der Waals surface area contributed by atoms with E-state index in [1.165, 1.54) is 16.8 Å². The molecule has 0 N–H and O–H groups in total. The second-order valence-corrected chi connectivity index (χ2v) is 7.82. The number of aromatic nitrogens is 2. The van der Waals surface area contributed by atoms with Crippen molar-refractivity contribution in [3.05, 3.63) is 58.7 Å². The summed E-state index contributed by atoms with van der Waals surface area (Å²) in [6.07, 6.45) is 3.49. The van der Waals surface area contributed by atoms with Gasteiger partial charge in [0.05, 0.1) is 6.42 Å². The number of rotatable bonds is 3. The Labute approximate surface area is 149 Å². The van der Waals surface area contributed by atoms with Gasteiger partial charge in [-0.25, -0.2) is 9.97 Å². The first-order valence-corrected chi connectivity index (χ1v) is 9.20. The fourth-order valence-electron chi connectivity index (χ4n) is 4.07. The van der Waals surface area contributed by atoms with Gasteiger partial charge in [-0.1, -0.05) is 43.7 Å². The average molecular weight is 335 g/mol. The summed E-state index contributed by atoms with van der Waals surface area (Å²) in [7, 11) is 0. The predicted molar refractivity (Wildman–Crippen MR) is 97.5 cm³/mol. The van der Waals surface area contributed by atoms with Gasteiger partial charge < -0.3 is 4.90 Å². The molecule has 130 valence electrons. The van der Waals surface area contributed by atoms with Crippen molar-refractivity contribution in [2.45, 2.75) is 45.4 Å². The van der Waals surface area contributed by atoms with E-state index in [4.69, 9.17) is 4.98 Å². The van der Waals surface area contributed by atoms with Crippen molar-refractivity contribution in [1.29, 1.82) is 0 Å². The molecule has 0 spiro atoms. The molecule has 4 heteroatoms. The van der Waals surface area contributed by atoms with Crippen LogP contribution in [0.2, 0.25) is 0 Å². The molecule has 1 aromatic carbocycles. The van der Waals surface area contributed by atoms with E-state index >= 15 is 0 Å². The van der Waals surface area contributed by atoms with Crippen LogP contribution in [0.3, 0.4) is 0 Å². The third-order valence-corrected chi connectivity index (χ3v) is 5.56. The number of hydrogen-bond donors (Lipinski definition) is 0. The summed E-state index contributed by atoms with van der Waals surface area (Å²) in [6, 6.07) is 8.25. The Hall–Kier alpha value is -2.23. The molecule has 0 unspecified atom stereocenters. The maximum absolute atomic E-state index is 12.7. The first-order chi connectivity index (χ1) is 12.0.